The zero-order chi connectivity index (χ0) is 19.6. The molecule has 2 aromatic carbocycles. The van der Waals surface area contributed by atoms with E-state index in [1.165, 1.54) is 36.4 Å². The first kappa shape index (κ1) is 18.8. The summed E-state index contributed by atoms with van der Waals surface area (Å²) in [5, 5.41) is 9.15. The van der Waals surface area contributed by atoms with Crippen molar-refractivity contribution >= 4 is 23.2 Å². The molecule has 0 fully saturated rings. The van der Waals surface area contributed by atoms with E-state index >= 15 is 0 Å². The first-order chi connectivity index (χ1) is 12.7. The maximum absolute atomic E-state index is 13.3. The molecule has 0 bridgehead atoms. The van der Waals surface area contributed by atoms with Gasteiger partial charge >= 0.3 is 6.18 Å². The van der Waals surface area contributed by atoms with E-state index in [1.807, 2.05) is 0 Å². The number of ketones is 1. The van der Waals surface area contributed by atoms with Gasteiger partial charge in [0.1, 0.15) is 0 Å². The molecule has 0 aliphatic rings. The molecule has 1 aromatic heterocycles. The van der Waals surface area contributed by atoms with Crippen molar-refractivity contribution in [2.75, 3.05) is 0 Å². The number of rotatable bonds is 4. The molecule has 0 saturated heterocycles. The van der Waals surface area contributed by atoms with Crippen molar-refractivity contribution in [3.05, 3.63) is 82.5 Å². The van der Waals surface area contributed by atoms with Crippen molar-refractivity contribution < 1.29 is 27.5 Å². The monoisotopic (exact) mass is 392 g/mol. The first-order valence-electron chi connectivity index (χ1n) is 7.72. The molecular weight excluding hydrogens is 380 g/mol. The zero-order valence-electron chi connectivity index (χ0n) is 13.6. The highest BCUT2D eigenvalue weighted by atomic mass is 32.1. The molecule has 0 aliphatic heterocycles. The van der Waals surface area contributed by atoms with Crippen LogP contribution in [0, 0.1) is 5.82 Å². The maximum Gasteiger partial charge on any atom is 0.416 e. The normalized spacial score (nSPS) is 11.9. The fraction of sp³-hybridized carbons (Fsp3) is 0.0500. The lowest BCUT2D eigenvalue weighted by Crippen LogP contribution is -2.03. The SMILES string of the molecule is O=C(C=Cc1ccc(O)c(F)c1)c1ccc(-c2ccc(C(F)(F)F)cc2)s1. The number of phenols is 1. The fourth-order valence-electron chi connectivity index (χ4n) is 2.33. The summed E-state index contributed by atoms with van der Waals surface area (Å²) in [6, 6.07) is 11.7. The zero-order valence-corrected chi connectivity index (χ0v) is 14.4. The van der Waals surface area contributed by atoms with Crippen LogP contribution in [-0.4, -0.2) is 10.9 Å². The third-order valence-electron chi connectivity index (χ3n) is 3.74. The van der Waals surface area contributed by atoms with Crippen LogP contribution < -0.4 is 0 Å². The Bertz CT molecular complexity index is 1000. The van der Waals surface area contributed by atoms with Crippen LogP contribution in [0.1, 0.15) is 20.8 Å². The second-order valence-corrected chi connectivity index (χ2v) is 6.73. The van der Waals surface area contributed by atoms with Crippen molar-refractivity contribution in [1.29, 1.82) is 0 Å². The number of carbonyl (C=O) groups excluding carboxylic acids is 1. The number of phenolic OH excluding ortho intramolecular Hbond substituents is 1. The summed E-state index contributed by atoms with van der Waals surface area (Å²) in [4.78, 5) is 13.3. The highest BCUT2D eigenvalue weighted by Crippen LogP contribution is 2.33. The van der Waals surface area contributed by atoms with E-state index in [-0.39, 0.29) is 5.78 Å². The third kappa shape index (κ3) is 4.43. The molecule has 0 aliphatic carbocycles. The highest BCUT2D eigenvalue weighted by molar-refractivity contribution is 7.17. The van der Waals surface area contributed by atoms with Crippen LogP contribution in [0.2, 0.25) is 0 Å². The molecule has 0 saturated carbocycles. The Morgan fingerprint density at radius 3 is 2.33 bits per heavy atom. The average molecular weight is 392 g/mol. The first-order valence-corrected chi connectivity index (χ1v) is 8.54. The van der Waals surface area contributed by atoms with Gasteiger partial charge in [0.05, 0.1) is 10.4 Å². The van der Waals surface area contributed by atoms with Gasteiger partial charge in [0.2, 0.25) is 0 Å². The maximum atomic E-state index is 13.3. The van der Waals surface area contributed by atoms with Crippen molar-refractivity contribution in [2.45, 2.75) is 6.18 Å². The van der Waals surface area contributed by atoms with Crippen molar-refractivity contribution in [3.8, 4) is 16.2 Å². The standard InChI is InChI=1S/C20H12F4O2S/c21-15-11-12(1-7-16(15)25)2-8-17(26)19-10-9-18(27-19)13-3-5-14(6-4-13)20(22,23)24/h1-11,25H. The highest BCUT2D eigenvalue weighted by Gasteiger charge is 2.30. The molecule has 0 radical (unpaired) electrons. The second-order valence-electron chi connectivity index (χ2n) is 5.65. The number of carbonyl (C=O) groups is 1. The summed E-state index contributed by atoms with van der Waals surface area (Å²) >= 11 is 1.15. The van der Waals surface area contributed by atoms with Gasteiger partial charge in [-0.05, 0) is 53.6 Å². The molecule has 2 nitrogen and oxygen atoms in total. The van der Waals surface area contributed by atoms with Crippen molar-refractivity contribution in [3.63, 3.8) is 0 Å². The number of thiophene rings is 1. The van der Waals surface area contributed by atoms with Gasteiger partial charge in [0.25, 0.3) is 0 Å². The van der Waals surface area contributed by atoms with E-state index in [0.29, 0.717) is 20.9 Å². The molecule has 7 heteroatoms. The number of aromatic hydroxyl groups is 1. The van der Waals surface area contributed by atoms with Crippen LogP contribution in [-0.2, 0) is 6.18 Å². The molecule has 0 unspecified atom stereocenters. The van der Waals surface area contributed by atoms with E-state index in [4.69, 9.17) is 5.11 Å². The Balaban J connectivity index is 1.75. The number of allylic oxidation sites excluding steroid dienone is 1. The Hall–Kier alpha value is -2.93. The van der Waals surface area contributed by atoms with E-state index in [0.717, 1.165) is 29.5 Å². The van der Waals surface area contributed by atoms with Crippen LogP contribution in [0.3, 0.4) is 0 Å². The Morgan fingerprint density at radius 1 is 1.00 bits per heavy atom. The van der Waals surface area contributed by atoms with E-state index < -0.39 is 23.3 Å². The van der Waals surface area contributed by atoms with Crippen LogP contribution in [0.4, 0.5) is 17.6 Å². The molecule has 138 valence electrons. The number of alkyl halides is 3. The summed E-state index contributed by atoms with van der Waals surface area (Å²) in [6.45, 7) is 0. The van der Waals surface area contributed by atoms with Crippen LogP contribution in [0.15, 0.2) is 60.7 Å². The molecule has 0 amide bonds. The minimum Gasteiger partial charge on any atom is -0.505 e. The summed E-state index contributed by atoms with van der Waals surface area (Å²) in [5.41, 5.74) is 0.262. The van der Waals surface area contributed by atoms with Gasteiger partial charge in [-0.15, -0.1) is 11.3 Å². The van der Waals surface area contributed by atoms with Gasteiger partial charge in [-0.1, -0.05) is 24.3 Å². The van der Waals surface area contributed by atoms with Gasteiger partial charge in [0, 0.05) is 4.88 Å². The van der Waals surface area contributed by atoms with E-state index in [2.05, 4.69) is 0 Å². The second kappa shape index (κ2) is 7.36. The number of benzene rings is 2. The smallest absolute Gasteiger partial charge is 0.416 e. The predicted molar refractivity (Wildman–Crippen MR) is 96.2 cm³/mol. The van der Waals surface area contributed by atoms with Gasteiger partial charge in [-0.2, -0.15) is 13.2 Å². The van der Waals surface area contributed by atoms with Crippen molar-refractivity contribution in [2.24, 2.45) is 0 Å². The Labute approximate surface area is 156 Å². The Morgan fingerprint density at radius 2 is 1.70 bits per heavy atom. The minimum absolute atomic E-state index is 0.313. The topological polar surface area (TPSA) is 37.3 Å². The number of halogens is 4. The Kier molecular flexibility index (Phi) is 5.14. The lowest BCUT2D eigenvalue weighted by atomic mass is 10.1. The van der Waals surface area contributed by atoms with Crippen LogP contribution in [0.25, 0.3) is 16.5 Å². The molecule has 1 heterocycles. The molecule has 0 atom stereocenters. The van der Waals surface area contributed by atoms with Gasteiger partial charge in [-0.3, -0.25) is 4.79 Å². The molecule has 27 heavy (non-hydrogen) atoms. The van der Waals surface area contributed by atoms with Crippen molar-refractivity contribution in [1.82, 2.24) is 0 Å². The summed E-state index contributed by atoms with van der Waals surface area (Å²) in [7, 11) is 0. The van der Waals surface area contributed by atoms with Gasteiger partial charge in [0.15, 0.2) is 17.3 Å². The summed E-state index contributed by atoms with van der Waals surface area (Å²) in [5.74, 6) is -1.57. The van der Waals surface area contributed by atoms with Crippen LogP contribution >= 0.6 is 11.3 Å². The molecular formula is C20H12F4O2S. The third-order valence-corrected chi connectivity index (χ3v) is 4.89. The molecule has 1 N–H and O–H groups in total. The average Bonchev–Trinajstić information content (AvgIpc) is 3.12. The number of hydrogen-bond acceptors (Lipinski definition) is 3. The molecule has 0 spiro atoms. The summed E-state index contributed by atoms with van der Waals surface area (Å²) < 4.78 is 51.1. The predicted octanol–water partition coefficient (Wildman–Crippen LogP) is 6.17. The largest absolute Gasteiger partial charge is 0.505 e. The van der Waals surface area contributed by atoms with E-state index in [9.17, 15) is 22.4 Å². The quantitative estimate of drug-likeness (QED) is 0.327. The van der Waals surface area contributed by atoms with E-state index in [1.54, 1.807) is 12.1 Å². The molecule has 3 aromatic rings. The minimum atomic E-state index is -4.40. The van der Waals surface area contributed by atoms with Gasteiger partial charge in [-0.25, -0.2) is 4.39 Å². The fourth-order valence-corrected chi connectivity index (χ4v) is 3.26. The lowest BCUT2D eigenvalue weighted by molar-refractivity contribution is -0.137. The van der Waals surface area contributed by atoms with Crippen LogP contribution in [0.5, 0.6) is 5.75 Å². The summed E-state index contributed by atoms with van der Waals surface area (Å²) in [6.07, 6.45) is -1.70. The lowest BCUT2D eigenvalue weighted by Gasteiger charge is -2.06. The number of hydrogen-bond donors (Lipinski definition) is 1. The molecule has 3 rings (SSSR count). The van der Waals surface area contributed by atoms with Gasteiger partial charge < -0.3 is 5.11 Å².